The zero-order valence-corrected chi connectivity index (χ0v) is 21.2. The standard InChI is InChI=1S/C26H32N6O5/c1-26(2,3)36-12-11-20-31-25(37-32-20)16-7-6-8-18(22(16)35-5)29-19-13-21(30-23(33)15-9-10-15)28-14-17(19)24(34)27-4/h6-8,13-15H,9-12H2,1-5H3,(H,27,34)(H2,28,29,30,33)/i4D3. The van der Waals surface area contributed by atoms with Crippen molar-refractivity contribution in [3.63, 3.8) is 0 Å². The van der Waals surface area contributed by atoms with Crippen molar-refractivity contribution in [2.45, 2.75) is 45.6 Å². The highest BCUT2D eigenvalue weighted by Crippen LogP contribution is 2.38. The normalized spacial score (nSPS) is 14.8. The van der Waals surface area contributed by atoms with Gasteiger partial charge >= 0.3 is 0 Å². The highest BCUT2D eigenvalue weighted by atomic mass is 16.5. The minimum atomic E-state index is -2.71. The Kier molecular flexibility index (Phi) is 6.58. The van der Waals surface area contributed by atoms with Crippen molar-refractivity contribution >= 4 is 29.0 Å². The maximum atomic E-state index is 12.8. The average Bonchev–Trinajstić information content (AvgIpc) is 3.61. The van der Waals surface area contributed by atoms with E-state index in [-0.39, 0.29) is 40.4 Å². The minimum Gasteiger partial charge on any atom is -0.494 e. The molecule has 3 aromatic rings. The number of hydrogen-bond donors (Lipinski definition) is 3. The molecule has 0 aliphatic heterocycles. The molecule has 0 atom stereocenters. The fourth-order valence-corrected chi connectivity index (χ4v) is 3.53. The predicted molar refractivity (Wildman–Crippen MR) is 138 cm³/mol. The van der Waals surface area contributed by atoms with Gasteiger partial charge in [0.2, 0.25) is 5.91 Å². The predicted octanol–water partition coefficient (Wildman–Crippen LogP) is 3.95. The van der Waals surface area contributed by atoms with Gasteiger partial charge in [-0.15, -0.1) is 0 Å². The van der Waals surface area contributed by atoms with Crippen molar-refractivity contribution in [1.29, 1.82) is 0 Å². The first kappa shape index (κ1) is 22.2. The van der Waals surface area contributed by atoms with Gasteiger partial charge in [-0.25, -0.2) is 4.98 Å². The quantitative estimate of drug-likeness (QED) is 0.369. The van der Waals surface area contributed by atoms with Gasteiger partial charge in [-0.05, 0) is 45.7 Å². The van der Waals surface area contributed by atoms with Crippen LogP contribution in [0.5, 0.6) is 5.75 Å². The van der Waals surface area contributed by atoms with E-state index in [1.165, 1.54) is 19.4 Å². The van der Waals surface area contributed by atoms with Crippen molar-refractivity contribution in [2.24, 2.45) is 5.92 Å². The monoisotopic (exact) mass is 511 g/mol. The molecule has 196 valence electrons. The third kappa shape index (κ3) is 6.62. The van der Waals surface area contributed by atoms with E-state index in [0.717, 1.165) is 12.8 Å². The number of hydrogen-bond acceptors (Lipinski definition) is 9. The van der Waals surface area contributed by atoms with Gasteiger partial charge in [-0.2, -0.15) is 4.98 Å². The Morgan fingerprint density at radius 2 is 2.05 bits per heavy atom. The van der Waals surface area contributed by atoms with Gasteiger partial charge < -0.3 is 29.9 Å². The topological polar surface area (TPSA) is 140 Å². The molecule has 0 bridgehead atoms. The maximum absolute atomic E-state index is 12.8. The van der Waals surface area contributed by atoms with Gasteiger partial charge in [0.1, 0.15) is 5.82 Å². The number of aromatic nitrogens is 3. The molecule has 3 N–H and O–H groups in total. The molecule has 37 heavy (non-hydrogen) atoms. The van der Waals surface area contributed by atoms with Crippen molar-refractivity contribution in [1.82, 2.24) is 20.4 Å². The lowest BCUT2D eigenvalue weighted by Gasteiger charge is -2.18. The first-order valence-electron chi connectivity index (χ1n) is 13.4. The van der Waals surface area contributed by atoms with Crippen LogP contribution < -0.4 is 20.7 Å². The van der Waals surface area contributed by atoms with Crippen LogP contribution in [0.2, 0.25) is 0 Å². The first-order valence-corrected chi connectivity index (χ1v) is 11.9. The van der Waals surface area contributed by atoms with Crippen molar-refractivity contribution in [3.05, 3.63) is 41.9 Å². The van der Waals surface area contributed by atoms with Crippen LogP contribution in [0, 0.1) is 5.92 Å². The Bertz CT molecular complexity index is 1380. The van der Waals surface area contributed by atoms with E-state index < -0.39 is 12.9 Å². The van der Waals surface area contributed by atoms with Gasteiger partial charge in [-0.3, -0.25) is 9.59 Å². The lowest BCUT2D eigenvalue weighted by atomic mass is 10.1. The summed E-state index contributed by atoms with van der Waals surface area (Å²) in [6.45, 7) is 3.59. The van der Waals surface area contributed by atoms with Crippen LogP contribution in [-0.2, 0) is 16.0 Å². The van der Waals surface area contributed by atoms with E-state index >= 15 is 0 Å². The number of pyridine rings is 1. The number of nitrogens with zero attached hydrogens (tertiary/aromatic N) is 3. The molecule has 2 heterocycles. The molecule has 0 saturated heterocycles. The SMILES string of the molecule is [2H]C([2H])([2H])NC(=O)c1cnc(NC(=O)C2CC2)cc1Nc1cccc(-c2nc(CCOC(C)(C)C)no2)c1OC. The summed E-state index contributed by atoms with van der Waals surface area (Å²) in [5, 5.41) is 11.8. The summed E-state index contributed by atoms with van der Waals surface area (Å²) in [4.78, 5) is 33.7. The molecular formula is C26H32N6O5. The van der Waals surface area contributed by atoms with E-state index in [1.54, 1.807) is 18.2 Å². The summed E-state index contributed by atoms with van der Waals surface area (Å²) in [7, 11) is 1.47. The molecule has 0 spiro atoms. The largest absolute Gasteiger partial charge is 0.494 e. The smallest absolute Gasteiger partial charge is 0.261 e. The molecule has 1 fully saturated rings. The number of ether oxygens (including phenoxy) is 2. The number of carbonyl (C=O) groups is 2. The lowest BCUT2D eigenvalue weighted by Crippen LogP contribution is -2.20. The molecule has 2 aromatic heterocycles. The highest BCUT2D eigenvalue weighted by molar-refractivity contribution is 6.01. The van der Waals surface area contributed by atoms with Gasteiger partial charge in [0.25, 0.3) is 11.8 Å². The Hall–Kier alpha value is -3.99. The van der Waals surface area contributed by atoms with Crippen LogP contribution in [0.1, 0.15) is 53.9 Å². The molecule has 1 saturated carbocycles. The van der Waals surface area contributed by atoms with Crippen molar-refractivity contribution in [2.75, 3.05) is 31.3 Å². The average molecular weight is 512 g/mol. The van der Waals surface area contributed by atoms with Crippen molar-refractivity contribution < 1.29 is 27.7 Å². The summed E-state index contributed by atoms with van der Waals surface area (Å²) in [6, 6.07) is 6.63. The minimum absolute atomic E-state index is 0.0491. The van der Waals surface area contributed by atoms with E-state index in [1.807, 2.05) is 26.1 Å². The summed E-state index contributed by atoms with van der Waals surface area (Å²) < 4.78 is 39.1. The second kappa shape index (κ2) is 11.0. The van der Waals surface area contributed by atoms with Crippen LogP contribution in [0.15, 0.2) is 35.0 Å². The molecule has 1 aliphatic rings. The number of benzene rings is 1. The van der Waals surface area contributed by atoms with E-state index in [2.05, 4.69) is 25.8 Å². The molecule has 11 nitrogen and oxygen atoms in total. The highest BCUT2D eigenvalue weighted by Gasteiger charge is 2.30. The molecular weight excluding hydrogens is 476 g/mol. The Labute approximate surface area is 219 Å². The second-order valence-corrected chi connectivity index (χ2v) is 9.57. The van der Waals surface area contributed by atoms with Gasteiger partial charge in [-0.1, -0.05) is 11.2 Å². The first-order chi connectivity index (χ1) is 18.8. The maximum Gasteiger partial charge on any atom is 0.261 e. The van der Waals surface area contributed by atoms with Gasteiger partial charge in [0.05, 0.1) is 41.8 Å². The number of amides is 2. The van der Waals surface area contributed by atoms with E-state index in [9.17, 15) is 9.59 Å². The van der Waals surface area contributed by atoms with E-state index in [0.29, 0.717) is 35.9 Å². The molecule has 0 unspecified atom stereocenters. The van der Waals surface area contributed by atoms with Gasteiger partial charge in [0, 0.05) is 35.7 Å². The number of carbonyl (C=O) groups excluding carboxylic acids is 2. The summed E-state index contributed by atoms with van der Waals surface area (Å²) in [5.74, 6) is 0.132. The third-order valence-electron chi connectivity index (χ3n) is 5.51. The molecule has 4 rings (SSSR count). The third-order valence-corrected chi connectivity index (χ3v) is 5.51. The Morgan fingerprint density at radius 3 is 2.76 bits per heavy atom. The molecule has 0 radical (unpaired) electrons. The molecule has 1 aromatic carbocycles. The second-order valence-electron chi connectivity index (χ2n) is 9.57. The number of methoxy groups -OCH3 is 1. The van der Waals surface area contributed by atoms with E-state index in [4.69, 9.17) is 18.1 Å². The zero-order valence-electron chi connectivity index (χ0n) is 24.2. The lowest BCUT2D eigenvalue weighted by molar-refractivity contribution is -0.117. The number of para-hydroxylation sites is 1. The fraction of sp³-hybridized carbons (Fsp3) is 0.423. The van der Waals surface area contributed by atoms with Crippen LogP contribution in [0.25, 0.3) is 11.5 Å². The van der Waals surface area contributed by atoms with Crippen LogP contribution >= 0.6 is 0 Å². The number of nitrogens with one attached hydrogen (secondary N) is 3. The number of rotatable bonds is 10. The molecule has 2 amide bonds. The molecule has 1 aliphatic carbocycles. The summed E-state index contributed by atoms with van der Waals surface area (Å²) in [5.41, 5.74) is 0.774. The Balaban J connectivity index is 1.63. The molecule has 11 heteroatoms. The fourth-order valence-electron chi connectivity index (χ4n) is 3.53. The Morgan fingerprint density at radius 1 is 1.24 bits per heavy atom. The summed E-state index contributed by atoms with van der Waals surface area (Å²) >= 11 is 0. The van der Waals surface area contributed by atoms with Crippen molar-refractivity contribution in [3.8, 4) is 17.2 Å². The van der Waals surface area contributed by atoms with Crippen LogP contribution in [0.3, 0.4) is 0 Å². The van der Waals surface area contributed by atoms with Gasteiger partial charge in [0.15, 0.2) is 11.6 Å². The summed E-state index contributed by atoms with van der Waals surface area (Å²) in [6.07, 6.45) is 3.27. The van der Waals surface area contributed by atoms with Crippen LogP contribution in [-0.4, -0.2) is 53.2 Å². The number of anilines is 3. The van der Waals surface area contributed by atoms with Crippen LogP contribution in [0.4, 0.5) is 17.2 Å². The zero-order chi connectivity index (χ0) is 29.1.